The van der Waals surface area contributed by atoms with Crippen LogP contribution in [-0.2, 0) is 4.79 Å². The van der Waals surface area contributed by atoms with Gasteiger partial charge in [0.05, 0.1) is 12.6 Å². The molecule has 30 heavy (non-hydrogen) atoms. The van der Waals surface area contributed by atoms with Gasteiger partial charge in [0.25, 0.3) is 5.91 Å². The number of nitrogens with zero attached hydrogens (tertiary/aromatic N) is 1. The van der Waals surface area contributed by atoms with Gasteiger partial charge in [0.1, 0.15) is 5.75 Å². The number of hydrogen-bond acceptors (Lipinski definition) is 4. The zero-order chi connectivity index (χ0) is 21.3. The molecule has 0 aromatic heterocycles. The topological polar surface area (TPSA) is 70.7 Å². The molecule has 2 aromatic carbocycles. The van der Waals surface area contributed by atoms with Gasteiger partial charge in [-0.1, -0.05) is 13.0 Å². The summed E-state index contributed by atoms with van der Waals surface area (Å²) >= 11 is 0. The van der Waals surface area contributed by atoms with Crippen molar-refractivity contribution >= 4 is 23.2 Å². The fraction of sp³-hybridized carbons (Fsp3) is 0.417. The molecule has 0 saturated carbocycles. The van der Waals surface area contributed by atoms with Crippen molar-refractivity contribution in [3.8, 4) is 5.75 Å². The van der Waals surface area contributed by atoms with Crippen molar-refractivity contribution < 1.29 is 14.3 Å². The van der Waals surface area contributed by atoms with E-state index < -0.39 is 0 Å². The molecule has 1 heterocycles. The minimum absolute atomic E-state index is 0.0579. The Morgan fingerprint density at radius 1 is 1.03 bits per heavy atom. The van der Waals surface area contributed by atoms with Crippen LogP contribution in [0.5, 0.6) is 5.75 Å². The molecular formula is C24H31N3O3. The molecule has 1 atom stereocenters. The van der Waals surface area contributed by atoms with E-state index in [1.165, 1.54) is 6.42 Å². The first-order chi connectivity index (χ1) is 14.5. The van der Waals surface area contributed by atoms with Crippen LogP contribution in [0.25, 0.3) is 0 Å². The lowest BCUT2D eigenvalue weighted by molar-refractivity contribution is -0.114. The zero-order valence-corrected chi connectivity index (χ0v) is 17.8. The molecule has 0 radical (unpaired) electrons. The number of amides is 2. The van der Waals surface area contributed by atoms with E-state index in [0.717, 1.165) is 43.8 Å². The van der Waals surface area contributed by atoms with Gasteiger partial charge in [0.2, 0.25) is 5.91 Å². The van der Waals surface area contributed by atoms with Crippen molar-refractivity contribution in [3.05, 3.63) is 54.1 Å². The smallest absolute Gasteiger partial charge is 0.253 e. The maximum Gasteiger partial charge on any atom is 0.253 e. The molecule has 0 bridgehead atoms. The van der Waals surface area contributed by atoms with Crippen molar-refractivity contribution in [1.82, 2.24) is 4.90 Å². The predicted molar refractivity (Wildman–Crippen MR) is 120 cm³/mol. The lowest BCUT2D eigenvalue weighted by atomic mass is 10.1. The Balaban J connectivity index is 1.50. The molecule has 2 amide bonds. The summed E-state index contributed by atoms with van der Waals surface area (Å²) in [4.78, 5) is 26.8. The van der Waals surface area contributed by atoms with Crippen molar-refractivity contribution in [3.63, 3.8) is 0 Å². The van der Waals surface area contributed by atoms with Gasteiger partial charge < -0.3 is 20.3 Å². The average molecular weight is 410 g/mol. The highest BCUT2D eigenvalue weighted by molar-refractivity contribution is 5.96. The molecule has 160 valence electrons. The molecule has 1 saturated heterocycles. The van der Waals surface area contributed by atoms with Crippen LogP contribution in [0.4, 0.5) is 11.4 Å². The lowest BCUT2D eigenvalue weighted by Crippen LogP contribution is -2.35. The van der Waals surface area contributed by atoms with E-state index in [4.69, 9.17) is 4.74 Å². The molecule has 2 aromatic rings. The summed E-state index contributed by atoms with van der Waals surface area (Å²) in [5.41, 5.74) is 2.12. The van der Waals surface area contributed by atoms with E-state index in [-0.39, 0.29) is 24.5 Å². The molecule has 1 aliphatic rings. The van der Waals surface area contributed by atoms with E-state index in [1.54, 1.807) is 0 Å². The summed E-state index contributed by atoms with van der Waals surface area (Å²) in [6.07, 6.45) is 4.42. The second kappa shape index (κ2) is 10.7. The average Bonchev–Trinajstić information content (AvgIpc) is 2.79. The van der Waals surface area contributed by atoms with Crippen molar-refractivity contribution in [2.45, 2.75) is 45.6 Å². The van der Waals surface area contributed by atoms with Gasteiger partial charge in [0.15, 0.2) is 0 Å². The number of hydrogen-bond donors (Lipinski definition) is 2. The van der Waals surface area contributed by atoms with E-state index in [2.05, 4.69) is 17.6 Å². The summed E-state index contributed by atoms with van der Waals surface area (Å²) in [5, 5.41) is 5.96. The van der Waals surface area contributed by atoms with Gasteiger partial charge in [-0.15, -0.1) is 0 Å². The second-order valence-corrected chi connectivity index (χ2v) is 7.70. The van der Waals surface area contributed by atoms with E-state index >= 15 is 0 Å². The van der Waals surface area contributed by atoms with Gasteiger partial charge >= 0.3 is 0 Å². The molecule has 1 fully saturated rings. The molecule has 6 heteroatoms. The third kappa shape index (κ3) is 6.24. The largest absolute Gasteiger partial charge is 0.491 e. The van der Waals surface area contributed by atoms with Gasteiger partial charge in [0, 0.05) is 30.0 Å². The maximum atomic E-state index is 12.7. The fourth-order valence-electron chi connectivity index (χ4n) is 3.36. The highest BCUT2D eigenvalue weighted by Crippen LogP contribution is 2.18. The highest BCUT2D eigenvalue weighted by Gasteiger charge is 2.18. The van der Waals surface area contributed by atoms with E-state index in [1.807, 2.05) is 60.4 Å². The summed E-state index contributed by atoms with van der Waals surface area (Å²) in [7, 11) is 0. The molecule has 0 aliphatic carbocycles. The van der Waals surface area contributed by atoms with Crippen molar-refractivity contribution in [2.75, 3.05) is 30.3 Å². The molecule has 0 spiro atoms. The first kappa shape index (κ1) is 21.7. The lowest BCUT2D eigenvalue weighted by Gasteiger charge is -2.26. The number of likely N-dealkylation sites (tertiary alicyclic amines) is 1. The highest BCUT2D eigenvalue weighted by atomic mass is 16.5. The minimum atomic E-state index is -0.154. The first-order valence-electron chi connectivity index (χ1n) is 10.7. The third-order valence-electron chi connectivity index (χ3n) is 5.26. The Bertz CT molecular complexity index is 845. The normalized spacial score (nSPS) is 14.7. The molecule has 3 rings (SSSR count). The van der Waals surface area contributed by atoms with E-state index in [0.29, 0.717) is 11.3 Å². The predicted octanol–water partition coefficient (Wildman–Crippen LogP) is 4.54. The van der Waals surface area contributed by atoms with Gasteiger partial charge in [-0.05, 0) is 75.1 Å². The summed E-state index contributed by atoms with van der Waals surface area (Å²) < 4.78 is 5.75. The standard InChI is InChI=1S/C24H31N3O3/c1-3-18(2)30-22-12-10-20(11-13-22)26-23(28)17-25-21-9-7-8-19(16-21)24(29)27-14-5-4-6-15-27/h7-13,16,18,25H,3-6,14-15,17H2,1-2H3,(H,26,28). The number of carbonyl (C=O) groups is 2. The number of benzene rings is 2. The van der Waals surface area contributed by atoms with Crippen LogP contribution in [0, 0.1) is 0 Å². The van der Waals surface area contributed by atoms with E-state index in [9.17, 15) is 9.59 Å². The second-order valence-electron chi connectivity index (χ2n) is 7.70. The first-order valence-corrected chi connectivity index (χ1v) is 10.7. The van der Waals surface area contributed by atoms with Crippen molar-refractivity contribution in [2.24, 2.45) is 0 Å². The van der Waals surface area contributed by atoms with Crippen LogP contribution >= 0.6 is 0 Å². The van der Waals surface area contributed by atoms with Crippen LogP contribution < -0.4 is 15.4 Å². The third-order valence-corrected chi connectivity index (χ3v) is 5.26. The number of piperidine rings is 1. The van der Waals surface area contributed by atoms with Crippen molar-refractivity contribution in [1.29, 1.82) is 0 Å². The molecular weight excluding hydrogens is 378 g/mol. The van der Waals surface area contributed by atoms with Crippen LogP contribution in [0.15, 0.2) is 48.5 Å². The van der Waals surface area contributed by atoms with Crippen LogP contribution in [0.1, 0.15) is 49.9 Å². The Morgan fingerprint density at radius 2 is 1.77 bits per heavy atom. The van der Waals surface area contributed by atoms with Crippen LogP contribution in [0.3, 0.4) is 0 Å². The number of rotatable bonds is 8. The fourth-order valence-corrected chi connectivity index (χ4v) is 3.36. The molecule has 6 nitrogen and oxygen atoms in total. The zero-order valence-electron chi connectivity index (χ0n) is 17.8. The Labute approximate surface area is 178 Å². The summed E-state index contributed by atoms with van der Waals surface area (Å²) in [5.74, 6) is 0.691. The van der Waals surface area contributed by atoms with Gasteiger partial charge in [-0.25, -0.2) is 0 Å². The Hall–Kier alpha value is -3.02. The Kier molecular flexibility index (Phi) is 7.71. The number of carbonyl (C=O) groups excluding carboxylic acids is 2. The minimum Gasteiger partial charge on any atom is -0.491 e. The number of anilines is 2. The monoisotopic (exact) mass is 409 g/mol. The van der Waals surface area contributed by atoms with Gasteiger partial charge in [-0.3, -0.25) is 9.59 Å². The summed E-state index contributed by atoms with van der Waals surface area (Å²) in [6, 6.07) is 14.7. The quantitative estimate of drug-likeness (QED) is 0.671. The SMILES string of the molecule is CCC(C)Oc1ccc(NC(=O)CNc2cccc(C(=O)N3CCCCC3)c2)cc1. The molecule has 2 N–H and O–H groups in total. The number of nitrogens with one attached hydrogen (secondary N) is 2. The molecule has 1 unspecified atom stereocenters. The van der Waals surface area contributed by atoms with Crippen LogP contribution in [-0.4, -0.2) is 42.5 Å². The van der Waals surface area contributed by atoms with Gasteiger partial charge in [-0.2, -0.15) is 0 Å². The summed E-state index contributed by atoms with van der Waals surface area (Å²) in [6.45, 7) is 5.86. The maximum absolute atomic E-state index is 12.7. The molecule has 1 aliphatic heterocycles. The number of ether oxygens (including phenoxy) is 1. The van der Waals surface area contributed by atoms with Crippen LogP contribution in [0.2, 0.25) is 0 Å². The Morgan fingerprint density at radius 3 is 2.47 bits per heavy atom.